The number of methoxy groups -OCH3 is 1. The number of amides is 4. The molecule has 0 aliphatic carbocycles. The first-order chi connectivity index (χ1) is 15.2. The average Bonchev–Trinajstić information content (AvgIpc) is 2.97. The molecule has 168 valence electrons. The summed E-state index contributed by atoms with van der Waals surface area (Å²) in [5.74, 6) is -1.17. The molecule has 2 aromatic rings. The maximum absolute atomic E-state index is 13.2. The highest BCUT2D eigenvalue weighted by Gasteiger charge is 2.46. The van der Waals surface area contributed by atoms with Gasteiger partial charge in [0.25, 0.3) is 5.91 Å². The van der Waals surface area contributed by atoms with Gasteiger partial charge in [0.05, 0.1) is 24.8 Å². The van der Waals surface area contributed by atoms with Crippen LogP contribution in [0.1, 0.15) is 36.2 Å². The third-order valence-corrected chi connectivity index (χ3v) is 5.11. The minimum Gasteiger partial charge on any atom is -0.465 e. The summed E-state index contributed by atoms with van der Waals surface area (Å²) in [6, 6.07) is 12.1. The van der Waals surface area contributed by atoms with Crippen LogP contribution in [0, 0.1) is 12.8 Å². The molecule has 0 saturated carbocycles. The van der Waals surface area contributed by atoms with E-state index >= 15 is 0 Å². The monoisotopic (exact) mass is 437 g/mol. The van der Waals surface area contributed by atoms with Crippen molar-refractivity contribution in [3.8, 4) is 0 Å². The number of esters is 1. The molecule has 1 N–H and O–H groups in total. The van der Waals surface area contributed by atoms with Gasteiger partial charge >= 0.3 is 12.0 Å². The quantitative estimate of drug-likeness (QED) is 0.527. The number of aryl methyl sites for hydroxylation is 1. The summed E-state index contributed by atoms with van der Waals surface area (Å²) in [5, 5.41) is 2.73. The van der Waals surface area contributed by atoms with Crippen LogP contribution in [0.3, 0.4) is 0 Å². The molecule has 0 aromatic heterocycles. The summed E-state index contributed by atoms with van der Waals surface area (Å²) in [6.07, 6.45) is -0.168. The van der Waals surface area contributed by atoms with E-state index in [2.05, 4.69) is 10.1 Å². The van der Waals surface area contributed by atoms with Gasteiger partial charge in [0, 0.05) is 12.2 Å². The first-order valence-corrected chi connectivity index (χ1v) is 10.4. The number of nitrogens with zero attached hydrogens (tertiary/aromatic N) is 2. The van der Waals surface area contributed by atoms with E-state index in [1.165, 1.54) is 24.1 Å². The van der Waals surface area contributed by atoms with E-state index < -0.39 is 29.9 Å². The topological polar surface area (TPSA) is 96.0 Å². The van der Waals surface area contributed by atoms with Gasteiger partial charge in [-0.1, -0.05) is 26.0 Å². The van der Waals surface area contributed by atoms with Crippen LogP contribution in [0.15, 0.2) is 48.5 Å². The van der Waals surface area contributed by atoms with E-state index in [-0.39, 0.29) is 12.3 Å². The fraction of sp³-hybridized carbons (Fsp3) is 0.333. The third kappa shape index (κ3) is 4.96. The lowest BCUT2D eigenvalue weighted by molar-refractivity contribution is -0.124. The number of nitrogens with one attached hydrogen (secondary N) is 1. The Balaban J connectivity index is 1.78. The van der Waals surface area contributed by atoms with Crippen molar-refractivity contribution in [2.45, 2.75) is 33.2 Å². The van der Waals surface area contributed by atoms with Crippen molar-refractivity contribution >= 4 is 35.2 Å². The van der Waals surface area contributed by atoms with E-state index in [9.17, 15) is 19.2 Å². The van der Waals surface area contributed by atoms with Crippen LogP contribution < -0.4 is 10.2 Å². The molecular formula is C24H27N3O5. The molecule has 8 heteroatoms. The van der Waals surface area contributed by atoms with Crippen LogP contribution in [-0.2, 0) is 14.3 Å². The Kier molecular flexibility index (Phi) is 6.92. The van der Waals surface area contributed by atoms with Gasteiger partial charge in [0.1, 0.15) is 6.04 Å². The van der Waals surface area contributed by atoms with Gasteiger partial charge in [-0.05, 0) is 54.8 Å². The Labute approximate surface area is 187 Å². The highest BCUT2D eigenvalue weighted by Crippen LogP contribution is 2.28. The number of hydrogen-bond donors (Lipinski definition) is 1. The number of ether oxygens (including phenoxy) is 1. The number of benzene rings is 2. The lowest BCUT2D eigenvalue weighted by Gasteiger charge is -2.23. The molecular weight excluding hydrogens is 410 g/mol. The summed E-state index contributed by atoms with van der Waals surface area (Å²) in [4.78, 5) is 53.2. The third-order valence-electron chi connectivity index (χ3n) is 5.11. The maximum Gasteiger partial charge on any atom is 0.337 e. The predicted octanol–water partition coefficient (Wildman–Crippen LogP) is 3.60. The van der Waals surface area contributed by atoms with E-state index in [1.807, 2.05) is 26.8 Å². The highest BCUT2D eigenvalue weighted by molar-refractivity contribution is 6.22. The zero-order chi connectivity index (χ0) is 23.4. The first-order valence-electron chi connectivity index (χ1n) is 10.4. The largest absolute Gasteiger partial charge is 0.465 e. The Bertz CT molecular complexity index is 1030. The summed E-state index contributed by atoms with van der Waals surface area (Å²) in [6.45, 7) is 6.15. The molecule has 3 rings (SSSR count). The minimum absolute atomic E-state index is 0.126. The molecule has 0 spiro atoms. The van der Waals surface area contributed by atoms with E-state index in [0.29, 0.717) is 23.5 Å². The molecule has 0 radical (unpaired) electrons. The van der Waals surface area contributed by atoms with Crippen molar-refractivity contribution in [2.75, 3.05) is 23.9 Å². The van der Waals surface area contributed by atoms with Crippen LogP contribution in [0.25, 0.3) is 0 Å². The Morgan fingerprint density at radius 3 is 2.38 bits per heavy atom. The number of imide groups is 1. The average molecular weight is 437 g/mol. The van der Waals surface area contributed by atoms with Gasteiger partial charge in [-0.15, -0.1) is 0 Å². The number of rotatable bonds is 7. The summed E-state index contributed by atoms with van der Waals surface area (Å²) < 4.78 is 4.66. The van der Waals surface area contributed by atoms with Gasteiger partial charge < -0.3 is 15.0 Å². The first kappa shape index (κ1) is 23.0. The Morgan fingerprint density at radius 1 is 1.09 bits per heavy atom. The van der Waals surface area contributed by atoms with Crippen molar-refractivity contribution in [2.24, 2.45) is 5.92 Å². The molecule has 1 fully saturated rings. The molecule has 8 nitrogen and oxygen atoms in total. The molecule has 1 aliphatic rings. The van der Waals surface area contributed by atoms with Crippen molar-refractivity contribution in [3.63, 3.8) is 0 Å². The molecule has 2 aromatic carbocycles. The zero-order valence-electron chi connectivity index (χ0n) is 18.6. The summed E-state index contributed by atoms with van der Waals surface area (Å²) >= 11 is 0. The summed E-state index contributed by atoms with van der Waals surface area (Å²) in [5.41, 5.74) is 2.26. The number of urea groups is 1. The second-order valence-electron chi connectivity index (χ2n) is 8.18. The van der Waals surface area contributed by atoms with Gasteiger partial charge in [-0.2, -0.15) is 0 Å². The molecule has 0 unspecified atom stereocenters. The van der Waals surface area contributed by atoms with E-state index in [4.69, 9.17) is 0 Å². The molecule has 1 heterocycles. The fourth-order valence-corrected chi connectivity index (χ4v) is 3.63. The Morgan fingerprint density at radius 2 is 1.78 bits per heavy atom. The van der Waals surface area contributed by atoms with Gasteiger partial charge in [-0.3, -0.25) is 9.59 Å². The second kappa shape index (κ2) is 9.64. The van der Waals surface area contributed by atoms with Gasteiger partial charge in [-0.25, -0.2) is 14.5 Å². The van der Waals surface area contributed by atoms with Crippen molar-refractivity contribution in [1.82, 2.24) is 4.90 Å². The number of carbonyl (C=O) groups is 4. The van der Waals surface area contributed by atoms with E-state index in [0.717, 1.165) is 10.5 Å². The molecule has 1 saturated heterocycles. The SMILES string of the molecule is COC(=O)c1ccc(NC(=O)C[C@@H]2C(=O)N(c3cccc(C)c3)C(=O)N2CC(C)C)cc1. The van der Waals surface area contributed by atoms with Gasteiger partial charge in [0.2, 0.25) is 5.91 Å². The van der Waals surface area contributed by atoms with E-state index in [1.54, 1.807) is 30.3 Å². The molecule has 1 atom stereocenters. The summed E-state index contributed by atoms with van der Waals surface area (Å²) in [7, 11) is 1.29. The van der Waals surface area contributed by atoms with Crippen LogP contribution in [0.4, 0.5) is 16.2 Å². The maximum atomic E-state index is 13.2. The lowest BCUT2D eigenvalue weighted by atomic mass is 10.1. The van der Waals surface area contributed by atoms with Crippen molar-refractivity contribution in [1.29, 1.82) is 0 Å². The smallest absolute Gasteiger partial charge is 0.337 e. The van der Waals surface area contributed by atoms with Crippen molar-refractivity contribution < 1.29 is 23.9 Å². The Hall–Kier alpha value is -3.68. The van der Waals surface area contributed by atoms with Crippen molar-refractivity contribution in [3.05, 3.63) is 59.7 Å². The van der Waals surface area contributed by atoms with Crippen LogP contribution in [-0.4, -0.2) is 48.4 Å². The minimum atomic E-state index is -0.889. The number of carbonyl (C=O) groups excluding carboxylic acids is 4. The zero-order valence-corrected chi connectivity index (χ0v) is 18.6. The molecule has 0 bridgehead atoms. The van der Waals surface area contributed by atoms with Gasteiger partial charge in [0.15, 0.2) is 0 Å². The normalized spacial score (nSPS) is 16.0. The molecule has 1 aliphatic heterocycles. The van der Waals surface area contributed by atoms with Crippen LogP contribution in [0.5, 0.6) is 0 Å². The standard InChI is InChI=1S/C24H27N3O5/c1-15(2)14-26-20(22(29)27(24(26)31)19-7-5-6-16(3)12-19)13-21(28)25-18-10-8-17(9-11-18)23(30)32-4/h5-12,15,20H,13-14H2,1-4H3,(H,25,28)/t20-/m1/s1. The molecule has 4 amide bonds. The fourth-order valence-electron chi connectivity index (χ4n) is 3.63. The van der Waals surface area contributed by atoms with Crippen LogP contribution in [0.2, 0.25) is 0 Å². The molecule has 32 heavy (non-hydrogen) atoms. The number of anilines is 2. The lowest BCUT2D eigenvalue weighted by Crippen LogP contribution is -2.40. The predicted molar refractivity (Wildman–Crippen MR) is 120 cm³/mol. The van der Waals surface area contributed by atoms with Crippen LogP contribution >= 0.6 is 0 Å². The number of hydrogen-bond acceptors (Lipinski definition) is 5. The second-order valence-corrected chi connectivity index (χ2v) is 8.18. The highest BCUT2D eigenvalue weighted by atomic mass is 16.5.